The van der Waals surface area contributed by atoms with Crippen LogP contribution in [0.5, 0.6) is 11.6 Å². The van der Waals surface area contributed by atoms with Gasteiger partial charge in [-0.15, -0.1) is 0 Å². The van der Waals surface area contributed by atoms with Gasteiger partial charge in [-0.3, -0.25) is 0 Å². The number of rotatable bonds is 3. The van der Waals surface area contributed by atoms with Crippen LogP contribution in [-0.2, 0) is 0 Å². The normalized spacial score (nSPS) is 12.3. The van der Waals surface area contributed by atoms with Gasteiger partial charge in [0.2, 0.25) is 5.88 Å². The molecule has 100 valence electrons. The summed E-state index contributed by atoms with van der Waals surface area (Å²) in [6.45, 7) is 1.85. The Kier molecular flexibility index (Phi) is 4.53. The highest BCUT2D eigenvalue weighted by Gasteiger charge is 2.13. The van der Waals surface area contributed by atoms with Crippen molar-refractivity contribution < 1.29 is 4.74 Å². The molecule has 0 saturated heterocycles. The molecule has 0 radical (unpaired) electrons. The van der Waals surface area contributed by atoms with E-state index < -0.39 is 0 Å². The molecule has 2 N–H and O–H groups in total. The van der Waals surface area contributed by atoms with Crippen LogP contribution >= 0.6 is 34.8 Å². The van der Waals surface area contributed by atoms with Gasteiger partial charge in [0.15, 0.2) is 0 Å². The van der Waals surface area contributed by atoms with Crippen LogP contribution < -0.4 is 10.5 Å². The Balaban J connectivity index is 2.39. The number of hydrogen-bond acceptors (Lipinski definition) is 3. The summed E-state index contributed by atoms with van der Waals surface area (Å²) in [6, 6.07) is 6.51. The van der Waals surface area contributed by atoms with E-state index in [2.05, 4.69) is 4.98 Å². The molecule has 0 bridgehead atoms. The second-order valence-corrected chi connectivity index (χ2v) is 5.21. The van der Waals surface area contributed by atoms with Crippen molar-refractivity contribution in [2.45, 2.75) is 13.0 Å². The monoisotopic (exact) mass is 316 g/mol. The van der Waals surface area contributed by atoms with E-state index in [0.29, 0.717) is 26.7 Å². The SMILES string of the molecule is CC(N)c1cccnc1Oc1cc(Cl)c(Cl)cc1Cl. The van der Waals surface area contributed by atoms with Crippen LogP contribution in [0.15, 0.2) is 30.5 Å². The van der Waals surface area contributed by atoms with Crippen LogP contribution in [0, 0.1) is 0 Å². The van der Waals surface area contributed by atoms with E-state index in [4.69, 9.17) is 45.3 Å². The molecule has 1 heterocycles. The summed E-state index contributed by atoms with van der Waals surface area (Å²) in [5.74, 6) is 0.787. The van der Waals surface area contributed by atoms with Crippen LogP contribution in [0.25, 0.3) is 0 Å². The summed E-state index contributed by atoms with van der Waals surface area (Å²) < 4.78 is 5.67. The molecule has 0 aliphatic rings. The molecule has 0 aliphatic carbocycles. The maximum atomic E-state index is 6.06. The number of aromatic nitrogens is 1. The van der Waals surface area contributed by atoms with Gasteiger partial charge < -0.3 is 10.5 Å². The fourth-order valence-corrected chi connectivity index (χ4v) is 2.10. The first-order valence-electron chi connectivity index (χ1n) is 5.52. The Morgan fingerprint density at radius 2 is 1.84 bits per heavy atom. The molecule has 1 aromatic heterocycles. The van der Waals surface area contributed by atoms with Crippen LogP contribution in [0.4, 0.5) is 0 Å². The van der Waals surface area contributed by atoms with Crippen molar-refractivity contribution >= 4 is 34.8 Å². The molecule has 0 saturated carbocycles. The molecule has 1 unspecified atom stereocenters. The first-order chi connectivity index (χ1) is 8.99. The predicted molar refractivity (Wildman–Crippen MR) is 78.4 cm³/mol. The summed E-state index contributed by atoms with van der Waals surface area (Å²) in [6.07, 6.45) is 1.62. The molecule has 2 rings (SSSR count). The lowest BCUT2D eigenvalue weighted by Crippen LogP contribution is -2.07. The topological polar surface area (TPSA) is 48.1 Å². The Morgan fingerprint density at radius 1 is 1.16 bits per heavy atom. The third-order valence-electron chi connectivity index (χ3n) is 2.47. The van der Waals surface area contributed by atoms with Crippen molar-refractivity contribution in [3.05, 3.63) is 51.1 Å². The zero-order chi connectivity index (χ0) is 14.0. The Bertz CT molecular complexity index is 602. The molecule has 6 heteroatoms. The van der Waals surface area contributed by atoms with Gasteiger partial charge in [-0.25, -0.2) is 4.98 Å². The maximum Gasteiger partial charge on any atom is 0.224 e. The van der Waals surface area contributed by atoms with E-state index in [0.717, 1.165) is 5.56 Å². The number of nitrogens with two attached hydrogens (primary N) is 1. The third kappa shape index (κ3) is 3.31. The first kappa shape index (κ1) is 14.4. The molecule has 3 nitrogen and oxygen atoms in total. The lowest BCUT2D eigenvalue weighted by atomic mass is 10.1. The summed E-state index contributed by atoms with van der Waals surface area (Å²) in [4.78, 5) is 4.15. The van der Waals surface area contributed by atoms with Gasteiger partial charge in [-0.2, -0.15) is 0 Å². The van der Waals surface area contributed by atoms with Crippen molar-refractivity contribution in [2.75, 3.05) is 0 Å². The third-order valence-corrected chi connectivity index (χ3v) is 3.49. The zero-order valence-electron chi connectivity index (χ0n) is 10.0. The van der Waals surface area contributed by atoms with Gasteiger partial charge in [-0.1, -0.05) is 40.9 Å². The van der Waals surface area contributed by atoms with E-state index >= 15 is 0 Å². The Hall–Kier alpha value is -1.000. The minimum absolute atomic E-state index is 0.203. The molecule has 1 atom stereocenters. The predicted octanol–water partition coefficient (Wildman–Crippen LogP) is 4.85. The van der Waals surface area contributed by atoms with Crippen molar-refractivity contribution in [1.29, 1.82) is 0 Å². The van der Waals surface area contributed by atoms with Crippen LogP contribution in [0.3, 0.4) is 0 Å². The highest BCUT2D eigenvalue weighted by atomic mass is 35.5. The van der Waals surface area contributed by atoms with Gasteiger partial charge >= 0.3 is 0 Å². The van der Waals surface area contributed by atoms with Crippen molar-refractivity contribution in [2.24, 2.45) is 5.73 Å². The first-order valence-corrected chi connectivity index (χ1v) is 6.65. The highest BCUT2D eigenvalue weighted by molar-refractivity contribution is 6.43. The van der Waals surface area contributed by atoms with Gasteiger partial charge in [0.25, 0.3) is 0 Å². The molecular formula is C13H11Cl3N2O. The average molecular weight is 318 g/mol. The van der Waals surface area contributed by atoms with Gasteiger partial charge in [0.1, 0.15) is 5.75 Å². The number of nitrogens with zero attached hydrogens (tertiary/aromatic N) is 1. The standard InChI is InChI=1S/C13H11Cl3N2O/c1-7(17)8-3-2-4-18-13(8)19-12-6-10(15)9(14)5-11(12)16/h2-7H,17H2,1H3. The minimum Gasteiger partial charge on any atom is -0.437 e. The van der Waals surface area contributed by atoms with Crippen molar-refractivity contribution in [1.82, 2.24) is 4.98 Å². The molecule has 0 amide bonds. The molecule has 1 aromatic carbocycles. The number of hydrogen-bond donors (Lipinski definition) is 1. The number of benzene rings is 1. The van der Waals surface area contributed by atoms with E-state index in [1.54, 1.807) is 18.3 Å². The van der Waals surface area contributed by atoms with Gasteiger partial charge in [0, 0.05) is 23.9 Å². The molecule has 19 heavy (non-hydrogen) atoms. The number of pyridine rings is 1. The largest absolute Gasteiger partial charge is 0.437 e. The average Bonchev–Trinajstić information content (AvgIpc) is 2.36. The molecule has 0 aliphatic heterocycles. The lowest BCUT2D eigenvalue weighted by Gasteiger charge is -2.13. The van der Waals surface area contributed by atoms with E-state index in [9.17, 15) is 0 Å². The van der Waals surface area contributed by atoms with Crippen molar-refractivity contribution in [3.63, 3.8) is 0 Å². The fourth-order valence-electron chi connectivity index (χ4n) is 1.52. The summed E-state index contributed by atoms with van der Waals surface area (Å²) in [5, 5.41) is 1.09. The molecular weight excluding hydrogens is 307 g/mol. The molecule has 0 fully saturated rings. The zero-order valence-corrected chi connectivity index (χ0v) is 12.3. The Labute approximate surface area is 126 Å². The van der Waals surface area contributed by atoms with E-state index in [-0.39, 0.29) is 6.04 Å². The summed E-state index contributed by atoms with van der Waals surface area (Å²) >= 11 is 17.9. The maximum absolute atomic E-state index is 6.06. The van der Waals surface area contributed by atoms with Crippen LogP contribution in [-0.4, -0.2) is 4.98 Å². The summed E-state index contributed by atoms with van der Waals surface area (Å²) in [7, 11) is 0. The van der Waals surface area contributed by atoms with Gasteiger partial charge in [-0.05, 0) is 19.1 Å². The second kappa shape index (κ2) is 5.97. The minimum atomic E-state index is -0.203. The van der Waals surface area contributed by atoms with E-state index in [1.807, 2.05) is 13.0 Å². The second-order valence-electron chi connectivity index (χ2n) is 3.99. The molecule has 2 aromatic rings. The Morgan fingerprint density at radius 3 is 2.53 bits per heavy atom. The molecule has 0 spiro atoms. The lowest BCUT2D eigenvalue weighted by molar-refractivity contribution is 0.452. The summed E-state index contributed by atoms with van der Waals surface area (Å²) in [5.41, 5.74) is 6.64. The van der Waals surface area contributed by atoms with Crippen molar-refractivity contribution in [3.8, 4) is 11.6 Å². The van der Waals surface area contributed by atoms with Gasteiger partial charge in [0.05, 0.1) is 15.1 Å². The smallest absolute Gasteiger partial charge is 0.224 e. The highest BCUT2D eigenvalue weighted by Crippen LogP contribution is 2.37. The van der Waals surface area contributed by atoms with E-state index in [1.165, 1.54) is 6.07 Å². The van der Waals surface area contributed by atoms with Crippen LogP contribution in [0.2, 0.25) is 15.1 Å². The quantitative estimate of drug-likeness (QED) is 0.823. The fraction of sp³-hybridized carbons (Fsp3) is 0.154. The van der Waals surface area contributed by atoms with Crippen LogP contribution in [0.1, 0.15) is 18.5 Å². The number of halogens is 3. The number of ether oxygens (including phenoxy) is 1.